The van der Waals surface area contributed by atoms with Gasteiger partial charge in [0.25, 0.3) is 0 Å². The molecule has 0 aliphatic heterocycles. The van der Waals surface area contributed by atoms with Crippen LogP contribution in [0, 0.1) is 6.92 Å². The van der Waals surface area contributed by atoms with E-state index in [0.29, 0.717) is 19.0 Å². The molecule has 0 aromatic heterocycles. The summed E-state index contributed by atoms with van der Waals surface area (Å²) in [4.78, 5) is 0. The highest BCUT2D eigenvalue weighted by Crippen LogP contribution is 2.49. The van der Waals surface area contributed by atoms with Gasteiger partial charge in [0, 0.05) is 0 Å². The van der Waals surface area contributed by atoms with Crippen molar-refractivity contribution in [2.45, 2.75) is 59.3 Å². The first-order valence-corrected chi connectivity index (χ1v) is 9.71. The lowest BCUT2D eigenvalue weighted by atomic mass is 10.2. The molecule has 0 aliphatic rings. The quantitative estimate of drug-likeness (QED) is 0.354. The van der Waals surface area contributed by atoms with Gasteiger partial charge in [0.05, 0.1) is 13.2 Å². The molecule has 0 spiro atoms. The van der Waals surface area contributed by atoms with Gasteiger partial charge in [0.1, 0.15) is 5.75 Å². The van der Waals surface area contributed by atoms with Crippen molar-refractivity contribution in [3.8, 4) is 5.75 Å². The Kier molecular flexibility index (Phi) is 9.45. The Balaban J connectivity index is 2.58. The number of rotatable bonds is 12. The SMILES string of the molecule is CCCCCOP(=O)(OCCCCC)Oc1ccc(C)cc1. The van der Waals surface area contributed by atoms with Gasteiger partial charge < -0.3 is 4.52 Å². The maximum Gasteiger partial charge on any atom is 0.530 e. The highest BCUT2D eigenvalue weighted by Gasteiger charge is 2.28. The third kappa shape index (κ3) is 7.98. The molecule has 1 aromatic rings. The normalized spacial score (nSPS) is 11.6. The minimum atomic E-state index is -3.54. The lowest BCUT2D eigenvalue weighted by Crippen LogP contribution is -2.05. The number of hydrogen-bond donors (Lipinski definition) is 0. The zero-order valence-corrected chi connectivity index (χ0v) is 14.9. The van der Waals surface area contributed by atoms with Crippen LogP contribution in [-0.2, 0) is 13.6 Å². The van der Waals surface area contributed by atoms with Crippen LogP contribution in [0.5, 0.6) is 5.75 Å². The van der Waals surface area contributed by atoms with Crippen LogP contribution in [0.15, 0.2) is 24.3 Å². The molecule has 0 amide bonds. The number of benzene rings is 1. The third-order valence-electron chi connectivity index (χ3n) is 3.23. The van der Waals surface area contributed by atoms with Crippen molar-refractivity contribution in [2.75, 3.05) is 13.2 Å². The maximum absolute atomic E-state index is 12.7. The van der Waals surface area contributed by atoms with Gasteiger partial charge in [-0.15, -0.1) is 0 Å². The van der Waals surface area contributed by atoms with Crippen molar-refractivity contribution in [3.63, 3.8) is 0 Å². The van der Waals surface area contributed by atoms with E-state index in [0.717, 1.165) is 44.1 Å². The summed E-state index contributed by atoms with van der Waals surface area (Å²) in [5.74, 6) is 0.514. The van der Waals surface area contributed by atoms with E-state index in [1.165, 1.54) is 0 Å². The van der Waals surface area contributed by atoms with Gasteiger partial charge in [0.15, 0.2) is 0 Å². The summed E-state index contributed by atoms with van der Waals surface area (Å²) in [7, 11) is -3.54. The second-order valence-electron chi connectivity index (χ2n) is 5.43. The monoisotopic (exact) mass is 328 g/mol. The van der Waals surface area contributed by atoms with Gasteiger partial charge in [-0.1, -0.05) is 57.2 Å². The molecule has 0 radical (unpaired) electrons. The highest BCUT2D eigenvalue weighted by atomic mass is 31.2. The van der Waals surface area contributed by atoms with E-state index < -0.39 is 7.82 Å². The van der Waals surface area contributed by atoms with Crippen molar-refractivity contribution in [1.82, 2.24) is 0 Å². The van der Waals surface area contributed by atoms with Gasteiger partial charge in [-0.05, 0) is 31.9 Å². The lowest BCUT2D eigenvalue weighted by Gasteiger charge is -2.18. The molecule has 0 unspecified atom stereocenters. The Hall–Kier alpha value is -0.830. The topological polar surface area (TPSA) is 44.8 Å². The Labute approximate surface area is 134 Å². The average molecular weight is 328 g/mol. The average Bonchev–Trinajstić information content (AvgIpc) is 2.51. The van der Waals surface area contributed by atoms with E-state index in [1.807, 2.05) is 19.1 Å². The van der Waals surface area contributed by atoms with Crippen LogP contribution in [0.3, 0.4) is 0 Å². The smallest absolute Gasteiger partial charge is 0.404 e. The van der Waals surface area contributed by atoms with Crippen molar-refractivity contribution < 1.29 is 18.1 Å². The molecule has 0 heterocycles. The fraction of sp³-hybridized carbons (Fsp3) is 0.647. The van der Waals surface area contributed by atoms with E-state index in [1.54, 1.807) is 12.1 Å². The molecule has 0 saturated carbocycles. The summed E-state index contributed by atoms with van der Waals surface area (Å²) in [6.07, 6.45) is 5.97. The molecule has 22 heavy (non-hydrogen) atoms. The molecule has 0 N–H and O–H groups in total. The lowest BCUT2D eigenvalue weighted by molar-refractivity contribution is 0.151. The van der Waals surface area contributed by atoms with E-state index in [2.05, 4.69) is 13.8 Å². The number of phosphoric acid groups is 1. The summed E-state index contributed by atoms with van der Waals surface area (Å²) in [5.41, 5.74) is 1.12. The minimum absolute atomic E-state index is 0.394. The second-order valence-corrected chi connectivity index (χ2v) is 7.03. The summed E-state index contributed by atoms with van der Waals surface area (Å²) in [5, 5.41) is 0. The summed E-state index contributed by atoms with van der Waals surface area (Å²) in [6, 6.07) is 7.39. The molecule has 0 atom stereocenters. The van der Waals surface area contributed by atoms with Crippen molar-refractivity contribution in [3.05, 3.63) is 29.8 Å². The molecule has 1 aromatic carbocycles. The van der Waals surface area contributed by atoms with Crippen LogP contribution < -0.4 is 4.52 Å². The molecule has 0 bridgehead atoms. The predicted octanol–water partition coefficient (Wildman–Crippen LogP) is 5.90. The summed E-state index contributed by atoms with van der Waals surface area (Å²) < 4.78 is 29.2. The fourth-order valence-electron chi connectivity index (χ4n) is 1.88. The van der Waals surface area contributed by atoms with Crippen molar-refractivity contribution in [2.24, 2.45) is 0 Å². The molecule has 4 nitrogen and oxygen atoms in total. The van der Waals surface area contributed by atoms with Gasteiger partial charge in [-0.25, -0.2) is 4.57 Å². The van der Waals surface area contributed by atoms with Crippen LogP contribution in [0.4, 0.5) is 0 Å². The first-order valence-electron chi connectivity index (χ1n) is 8.25. The zero-order chi connectivity index (χ0) is 16.3. The number of phosphoric ester groups is 1. The predicted molar refractivity (Wildman–Crippen MR) is 90.4 cm³/mol. The van der Waals surface area contributed by atoms with E-state index in [-0.39, 0.29) is 0 Å². The number of hydrogen-bond acceptors (Lipinski definition) is 4. The van der Waals surface area contributed by atoms with Gasteiger partial charge in [0.2, 0.25) is 0 Å². The Bertz CT molecular complexity index is 428. The largest absolute Gasteiger partial charge is 0.530 e. The number of unbranched alkanes of at least 4 members (excludes halogenated alkanes) is 4. The second kappa shape index (κ2) is 10.8. The van der Waals surface area contributed by atoms with Crippen LogP contribution in [0.2, 0.25) is 0 Å². The van der Waals surface area contributed by atoms with E-state index in [4.69, 9.17) is 13.6 Å². The Morgan fingerprint density at radius 2 is 1.36 bits per heavy atom. The molecule has 5 heteroatoms. The standard InChI is InChI=1S/C17H29O4P/c1-4-6-8-14-19-22(18,20-15-9-7-5-2)21-17-12-10-16(3)11-13-17/h10-13H,4-9,14-15H2,1-3H3. The van der Waals surface area contributed by atoms with Gasteiger partial charge in [-0.2, -0.15) is 0 Å². The van der Waals surface area contributed by atoms with Crippen LogP contribution >= 0.6 is 7.82 Å². The first-order chi connectivity index (χ1) is 10.6. The van der Waals surface area contributed by atoms with Crippen molar-refractivity contribution in [1.29, 1.82) is 0 Å². The van der Waals surface area contributed by atoms with Crippen LogP contribution in [0.25, 0.3) is 0 Å². The van der Waals surface area contributed by atoms with Gasteiger partial charge in [-0.3, -0.25) is 9.05 Å². The molecular weight excluding hydrogens is 299 g/mol. The molecule has 1 rings (SSSR count). The molecule has 0 saturated heterocycles. The molecule has 0 fully saturated rings. The third-order valence-corrected chi connectivity index (χ3v) is 4.66. The van der Waals surface area contributed by atoms with Crippen LogP contribution in [-0.4, -0.2) is 13.2 Å². The molecule has 0 aliphatic carbocycles. The van der Waals surface area contributed by atoms with E-state index >= 15 is 0 Å². The van der Waals surface area contributed by atoms with Crippen LogP contribution in [0.1, 0.15) is 57.9 Å². The summed E-state index contributed by atoms with van der Waals surface area (Å²) in [6.45, 7) is 7.01. The first kappa shape index (κ1) is 19.2. The molecule has 126 valence electrons. The maximum atomic E-state index is 12.7. The fourth-order valence-corrected chi connectivity index (χ4v) is 3.14. The highest BCUT2D eigenvalue weighted by molar-refractivity contribution is 7.48. The van der Waals surface area contributed by atoms with Crippen molar-refractivity contribution >= 4 is 7.82 Å². The minimum Gasteiger partial charge on any atom is -0.404 e. The summed E-state index contributed by atoms with van der Waals surface area (Å²) >= 11 is 0. The zero-order valence-electron chi connectivity index (χ0n) is 14.0. The Morgan fingerprint density at radius 3 is 1.82 bits per heavy atom. The number of aryl methyl sites for hydroxylation is 1. The molecular formula is C17H29O4P. The van der Waals surface area contributed by atoms with Gasteiger partial charge >= 0.3 is 7.82 Å². The Morgan fingerprint density at radius 1 is 0.864 bits per heavy atom. The van der Waals surface area contributed by atoms with E-state index in [9.17, 15) is 4.57 Å².